The summed E-state index contributed by atoms with van der Waals surface area (Å²) in [7, 11) is 0. The van der Waals surface area contributed by atoms with E-state index < -0.39 is 0 Å². The van der Waals surface area contributed by atoms with Crippen molar-refractivity contribution >= 4 is 0 Å². The van der Waals surface area contributed by atoms with Crippen molar-refractivity contribution in [2.45, 2.75) is 157 Å². The van der Waals surface area contributed by atoms with E-state index in [0.717, 1.165) is 11.8 Å². The molecule has 2 atom stereocenters. The van der Waals surface area contributed by atoms with Crippen LogP contribution >= 0.6 is 0 Å². The average Bonchev–Trinajstić information content (AvgIpc) is 2.75. The Hall–Kier alpha value is -0.0400. The van der Waals surface area contributed by atoms with Crippen LogP contribution in [0.4, 0.5) is 0 Å². The average molecular weight is 424 g/mol. The highest BCUT2D eigenvalue weighted by Crippen LogP contribution is 2.21. The predicted octanol–water partition coefficient (Wildman–Crippen LogP) is 10.0. The van der Waals surface area contributed by atoms with E-state index in [0.29, 0.717) is 0 Å². The smallest absolute Gasteiger partial charge is 0.000977 e. The topological polar surface area (TPSA) is 3.24 Å². The minimum absolute atomic E-state index is 0.918. The quantitative estimate of drug-likeness (QED) is 0.140. The zero-order valence-corrected chi connectivity index (χ0v) is 22.2. The molecule has 0 rings (SSSR count). The molecule has 0 spiro atoms. The highest BCUT2D eigenvalue weighted by molar-refractivity contribution is 4.71. The van der Waals surface area contributed by atoms with Crippen molar-refractivity contribution in [3.63, 3.8) is 0 Å². The first-order chi connectivity index (χ1) is 14.7. The molecule has 0 aliphatic carbocycles. The molecule has 0 aliphatic rings. The number of rotatable bonds is 24. The van der Waals surface area contributed by atoms with E-state index >= 15 is 0 Å². The SMILES string of the molecule is CCCCCCCCCCCN(CC(CC)CCCC)CC(CCC)CCCCC. The van der Waals surface area contributed by atoms with Gasteiger partial charge in [0.1, 0.15) is 0 Å². The third kappa shape index (κ3) is 18.7. The van der Waals surface area contributed by atoms with Crippen molar-refractivity contribution in [3.8, 4) is 0 Å². The van der Waals surface area contributed by atoms with Gasteiger partial charge in [0.05, 0.1) is 0 Å². The van der Waals surface area contributed by atoms with Gasteiger partial charge >= 0.3 is 0 Å². The second kappa shape index (κ2) is 23.6. The van der Waals surface area contributed by atoms with Crippen molar-refractivity contribution in [1.82, 2.24) is 4.90 Å². The van der Waals surface area contributed by atoms with Gasteiger partial charge in [0.15, 0.2) is 0 Å². The lowest BCUT2D eigenvalue weighted by Crippen LogP contribution is -2.35. The van der Waals surface area contributed by atoms with E-state index in [2.05, 4.69) is 39.5 Å². The Morgan fingerprint density at radius 2 is 0.933 bits per heavy atom. The molecule has 0 heterocycles. The fourth-order valence-corrected chi connectivity index (χ4v) is 4.97. The monoisotopic (exact) mass is 423 g/mol. The summed E-state index contributed by atoms with van der Waals surface area (Å²) in [6.07, 6.45) is 27.0. The first-order valence-corrected chi connectivity index (χ1v) is 14.4. The molecule has 0 fully saturated rings. The summed E-state index contributed by atoms with van der Waals surface area (Å²) in [5.74, 6) is 1.85. The first-order valence-electron chi connectivity index (χ1n) is 14.4. The van der Waals surface area contributed by atoms with Crippen LogP contribution in [0.15, 0.2) is 0 Å². The Kier molecular flexibility index (Phi) is 23.6. The van der Waals surface area contributed by atoms with Gasteiger partial charge in [-0.3, -0.25) is 0 Å². The largest absolute Gasteiger partial charge is 0.303 e. The summed E-state index contributed by atoms with van der Waals surface area (Å²) < 4.78 is 0. The van der Waals surface area contributed by atoms with E-state index in [-0.39, 0.29) is 0 Å². The van der Waals surface area contributed by atoms with Gasteiger partial charge in [0.25, 0.3) is 0 Å². The second-order valence-corrected chi connectivity index (χ2v) is 10.2. The summed E-state index contributed by atoms with van der Waals surface area (Å²) in [4.78, 5) is 2.90. The zero-order chi connectivity index (χ0) is 22.3. The molecule has 0 saturated carbocycles. The van der Waals surface area contributed by atoms with E-state index in [9.17, 15) is 0 Å². The number of unbranched alkanes of at least 4 members (excludes halogenated alkanes) is 11. The molecule has 2 unspecified atom stereocenters. The lowest BCUT2D eigenvalue weighted by atomic mass is 9.94. The minimum atomic E-state index is 0.918. The molecule has 0 aromatic carbocycles. The third-order valence-corrected chi connectivity index (χ3v) is 7.07. The van der Waals surface area contributed by atoms with Crippen LogP contribution in [0.25, 0.3) is 0 Å². The molecular weight excluding hydrogens is 362 g/mol. The van der Waals surface area contributed by atoms with Crippen LogP contribution in [0.5, 0.6) is 0 Å². The van der Waals surface area contributed by atoms with Crippen LogP contribution < -0.4 is 0 Å². The Balaban J connectivity index is 4.43. The maximum absolute atomic E-state index is 2.90. The Labute approximate surface area is 193 Å². The van der Waals surface area contributed by atoms with E-state index in [1.807, 2.05) is 0 Å². The van der Waals surface area contributed by atoms with Gasteiger partial charge in [0, 0.05) is 13.1 Å². The Morgan fingerprint density at radius 3 is 1.50 bits per heavy atom. The summed E-state index contributed by atoms with van der Waals surface area (Å²) in [5, 5.41) is 0. The van der Waals surface area contributed by atoms with Gasteiger partial charge in [-0.1, -0.05) is 131 Å². The molecule has 0 amide bonds. The molecule has 1 nitrogen and oxygen atoms in total. The summed E-state index contributed by atoms with van der Waals surface area (Å²) in [5.41, 5.74) is 0. The molecular formula is C29H61N. The Bertz CT molecular complexity index is 313. The predicted molar refractivity (Wildman–Crippen MR) is 140 cm³/mol. The van der Waals surface area contributed by atoms with Gasteiger partial charge in [0.2, 0.25) is 0 Å². The van der Waals surface area contributed by atoms with E-state index in [1.165, 1.54) is 142 Å². The molecule has 0 aliphatic heterocycles. The van der Waals surface area contributed by atoms with Crippen LogP contribution in [-0.4, -0.2) is 24.5 Å². The first kappa shape index (κ1) is 30.0. The van der Waals surface area contributed by atoms with Crippen molar-refractivity contribution in [2.24, 2.45) is 11.8 Å². The van der Waals surface area contributed by atoms with Crippen molar-refractivity contribution in [3.05, 3.63) is 0 Å². The van der Waals surface area contributed by atoms with Crippen LogP contribution in [0, 0.1) is 11.8 Å². The fourth-order valence-electron chi connectivity index (χ4n) is 4.97. The lowest BCUT2D eigenvalue weighted by Gasteiger charge is -2.31. The highest BCUT2D eigenvalue weighted by Gasteiger charge is 2.17. The zero-order valence-electron chi connectivity index (χ0n) is 22.2. The molecule has 1 heteroatoms. The van der Waals surface area contributed by atoms with E-state index in [1.54, 1.807) is 0 Å². The van der Waals surface area contributed by atoms with Crippen LogP contribution in [0.1, 0.15) is 157 Å². The summed E-state index contributed by atoms with van der Waals surface area (Å²) in [6, 6.07) is 0. The van der Waals surface area contributed by atoms with Gasteiger partial charge in [-0.2, -0.15) is 0 Å². The molecule has 0 N–H and O–H groups in total. The molecule has 30 heavy (non-hydrogen) atoms. The maximum atomic E-state index is 2.90. The van der Waals surface area contributed by atoms with Gasteiger partial charge in [-0.15, -0.1) is 0 Å². The van der Waals surface area contributed by atoms with Crippen LogP contribution in [0.2, 0.25) is 0 Å². The van der Waals surface area contributed by atoms with Gasteiger partial charge < -0.3 is 4.90 Å². The normalized spacial score (nSPS) is 13.8. The number of hydrogen-bond donors (Lipinski definition) is 0. The highest BCUT2D eigenvalue weighted by atomic mass is 15.1. The lowest BCUT2D eigenvalue weighted by molar-refractivity contribution is 0.175. The van der Waals surface area contributed by atoms with Crippen LogP contribution in [0.3, 0.4) is 0 Å². The van der Waals surface area contributed by atoms with Crippen molar-refractivity contribution in [1.29, 1.82) is 0 Å². The minimum Gasteiger partial charge on any atom is -0.303 e. The molecule has 0 saturated heterocycles. The maximum Gasteiger partial charge on any atom is 0.000977 e. The van der Waals surface area contributed by atoms with Gasteiger partial charge in [-0.25, -0.2) is 0 Å². The van der Waals surface area contributed by atoms with Crippen LogP contribution in [-0.2, 0) is 0 Å². The second-order valence-electron chi connectivity index (χ2n) is 10.2. The molecule has 182 valence electrons. The van der Waals surface area contributed by atoms with E-state index in [4.69, 9.17) is 0 Å². The molecule has 0 aromatic heterocycles. The summed E-state index contributed by atoms with van der Waals surface area (Å²) >= 11 is 0. The van der Waals surface area contributed by atoms with Gasteiger partial charge in [-0.05, 0) is 44.1 Å². The number of nitrogens with zero attached hydrogens (tertiary/aromatic N) is 1. The molecule has 0 bridgehead atoms. The molecule has 0 radical (unpaired) electrons. The molecule has 0 aromatic rings. The van der Waals surface area contributed by atoms with Crippen molar-refractivity contribution in [2.75, 3.05) is 19.6 Å². The number of hydrogen-bond acceptors (Lipinski definition) is 1. The standard InChI is InChI=1S/C29H61N/c1-6-11-14-15-16-17-18-19-21-25-30(26-28(10-5)23-13-8-3)27-29(22-9-4)24-20-12-7-2/h28-29H,6-27H2,1-5H3. The fraction of sp³-hybridized carbons (Fsp3) is 1.00. The Morgan fingerprint density at radius 1 is 0.433 bits per heavy atom. The third-order valence-electron chi connectivity index (χ3n) is 7.07. The summed E-state index contributed by atoms with van der Waals surface area (Å²) in [6.45, 7) is 15.9. The van der Waals surface area contributed by atoms with Crippen molar-refractivity contribution < 1.29 is 0 Å².